The Kier molecular flexibility index (Phi) is 4.12. The van der Waals surface area contributed by atoms with E-state index in [9.17, 15) is 0 Å². The van der Waals surface area contributed by atoms with Crippen LogP contribution in [-0.4, -0.2) is 15.7 Å². The van der Waals surface area contributed by atoms with Crippen molar-refractivity contribution in [1.82, 2.24) is 9.13 Å². The van der Waals surface area contributed by atoms with E-state index in [4.69, 9.17) is 5.73 Å². The molecule has 2 heterocycles. The summed E-state index contributed by atoms with van der Waals surface area (Å²) < 4.78 is 4.59. The van der Waals surface area contributed by atoms with Gasteiger partial charge in [-0.2, -0.15) is 0 Å². The molecule has 2 aromatic carbocycles. The number of nitrogens with zero attached hydrogens (tertiary/aromatic N) is 2. The average molecular weight is 345 g/mol. The zero-order valence-corrected chi connectivity index (χ0v) is 16.1. The number of aryl methyl sites for hydroxylation is 2. The normalized spacial score (nSPS) is 13.0. The predicted octanol–water partition coefficient (Wildman–Crippen LogP) is 4.57. The maximum atomic E-state index is 6.31. The van der Waals surface area contributed by atoms with Gasteiger partial charge in [-0.3, -0.25) is 0 Å². The van der Waals surface area contributed by atoms with Crippen LogP contribution in [0.2, 0.25) is 0 Å². The molecule has 134 valence electrons. The Bertz CT molecular complexity index is 1100. The van der Waals surface area contributed by atoms with Gasteiger partial charge in [-0.05, 0) is 50.1 Å². The van der Waals surface area contributed by atoms with Gasteiger partial charge in [-0.25, -0.2) is 0 Å². The van der Waals surface area contributed by atoms with Gasteiger partial charge in [-0.1, -0.05) is 36.4 Å². The number of fused-ring (bicyclic) bond motifs is 2. The molecule has 0 fully saturated rings. The minimum Gasteiger partial charge on any atom is -0.348 e. The van der Waals surface area contributed by atoms with Crippen molar-refractivity contribution in [2.75, 3.05) is 6.54 Å². The van der Waals surface area contributed by atoms with Crippen LogP contribution in [0.3, 0.4) is 0 Å². The van der Waals surface area contributed by atoms with Gasteiger partial charge in [0.25, 0.3) is 0 Å². The van der Waals surface area contributed by atoms with Crippen LogP contribution in [0, 0.1) is 13.8 Å². The summed E-state index contributed by atoms with van der Waals surface area (Å²) in [5, 5.41) is 2.68. The molecule has 4 rings (SSSR count). The van der Waals surface area contributed by atoms with Crippen molar-refractivity contribution in [3.05, 3.63) is 71.0 Å². The third-order valence-electron chi connectivity index (χ3n) is 6.12. The molecule has 0 radical (unpaired) electrons. The quantitative estimate of drug-likeness (QED) is 0.578. The molecule has 4 aromatic rings. The lowest BCUT2D eigenvalue weighted by molar-refractivity contribution is 0.685. The van der Waals surface area contributed by atoms with Gasteiger partial charge in [0.1, 0.15) is 0 Å². The fourth-order valence-corrected chi connectivity index (χ4v) is 4.47. The molecule has 0 saturated carbocycles. The third-order valence-corrected chi connectivity index (χ3v) is 6.12. The standard InChI is InChI=1S/C23H27N3/c1-15-20(18-9-5-7-11-21(18)25(15)3)13-17(14-24)23-16(2)26(4)22-12-8-6-10-19(22)23/h5-12,17H,13-14,24H2,1-4H3. The summed E-state index contributed by atoms with van der Waals surface area (Å²) in [7, 11) is 4.31. The Morgan fingerprint density at radius 2 is 1.35 bits per heavy atom. The Morgan fingerprint density at radius 1 is 0.808 bits per heavy atom. The molecule has 0 aliphatic rings. The number of benzene rings is 2. The Labute approximate surface area is 155 Å². The zero-order valence-electron chi connectivity index (χ0n) is 16.1. The Morgan fingerprint density at radius 3 is 2.00 bits per heavy atom. The van der Waals surface area contributed by atoms with Crippen LogP contribution in [-0.2, 0) is 20.5 Å². The monoisotopic (exact) mass is 345 g/mol. The summed E-state index contributed by atoms with van der Waals surface area (Å²) in [6, 6.07) is 17.3. The van der Waals surface area contributed by atoms with Crippen LogP contribution in [0.5, 0.6) is 0 Å². The molecule has 3 heteroatoms. The molecular formula is C23H27N3. The van der Waals surface area contributed by atoms with Crippen molar-refractivity contribution in [3.8, 4) is 0 Å². The number of aromatic nitrogens is 2. The minimum atomic E-state index is 0.311. The van der Waals surface area contributed by atoms with Gasteiger partial charge in [-0.15, -0.1) is 0 Å². The smallest absolute Gasteiger partial charge is 0.0482 e. The summed E-state index contributed by atoms with van der Waals surface area (Å²) in [6.07, 6.45) is 0.971. The lowest BCUT2D eigenvalue weighted by Gasteiger charge is -2.17. The fourth-order valence-electron chi connectivity index (χ4n) is 4.47. The molecule has 0 amide bonds. The van der Waals surface area contributed by atoms with Crippen molar-refractivity contribution in [1.29, 1.82) is 0 Å². The molecule has 2 aromatic heterocycles. The van der Waals surface area contributed by atoms with E-state index in [1.807, 2.05) is 0 Å². The van der Waals surface area contributed by atoms with Crippen LogP contribution >= 0.6 is 0 Å². The first-order chi connectivity index (χ1) is 12.5. The van der Waals surface area contributed by atoms with Gasteiger partial charge >= 0.3 is 0 Å². The summed E-state index contributed by atoms with van der Waals surface area (Å²) in [6.45, 7) is 5.09. The van der Waals surface area contributed by atoms with E-state index in [0.29, 0.717) is 12.5 Å². The number of nitrogens with two attached hydrogens (primary N) is 1. The van der Waals surface area contributed by atoms with Gasteiger partial charge in [0, 0.05) is 53.2 Å². The SMILES string of the molecule is Cc1c(CC(CN)c2c(C)n(C)c3ccccc23)c2ccccc2n1C. The topological polar surface area (TPSA) is 35.9 Å². The molecule has 0 saturated heterocycles. The summed E-state index contributed by atoms with van der Waals surface area (Å²) >= 11 is 0. The first-order valence-corrected chi connectivity index (χ1v) is 9.31. The van der Waals surface area contributed by atoms with Gasteiger partial charge < -0.3 is 14.9 Å². The lowest BCUT2D eigenvalue weighted by Crippen LogP contribution is -2.16. The van der Waals surface area contributed by atoms with Gasteiger partial charge in [0.15, 0.2) is 0 Å². The number of rotatable bonds is 4. The van der Waals surface area contributed by atoms with E-state index in [2.05, 4.69) is 85.6 Å². The second-order valence-electron chi connectivity index (χ2n) is 7.35. The highest BCUT2D eigenvalue weighted by Gasteiger charge is 2.22. The molecule has 1 unspecified atom stereocenters. The summed E-state index contributed by atoms with van der Waals surface area (Å²) in [5.74, 6) is 0.311. The van der Waals surface area contributed by atoms with Crippen LogP contribution in [0.1, 0.15) is 28.4 Å². The molecule has 0 spiro atoms. The second-order valence-corrected chi connectivity index (χ2v) is 7.35. The van der Waals surface area contributed by atoms with Crippen molar-refractivity contribution in [2.45, 2.75) is 26.2 Å². The predicted molar refractivity (Wildman–Crippen MR) is 111 cm³/mol. The first kappa shape index (κ1) is 16.9. The van der Waals surface area contributed by atoms with E-state index in [0.717, 1.165) is 6.42 Å². The van der Waals surface area contributed by atoms with E-state index in [-0.39, 0.29) is 0 Å². The Balaban J connectivity index is 1.87. The maximum Gasteiger partial charge on any atom is 0.0482 e. The van der Waals surface area contributed by atoms with Crippen LogP contribution in [0.4, 0.5) is 0 Å². The minimum absolute atomic E-state index is 0.311. The third kappa shape index (κ3) is 2.38. The average Bonchev–Trinajstić information content (AvgIpc) is 3.06. The van der Waals surface area contributed by atoms with Gasteiger partial charge in [0.05, 0.1) is 0 Å². The molecule has 2 N–H and O–H groups in total. The molecule has 0 bridgehead atoms. The number of para-hydroxylation sites is 2. The highest BCUT2D eigenvalue weighted by atomic mass is 15.0. The number of hydrogen-bond acceptors (Lipinski definition) is 1. The van der Waals surface area contributed by atoms with E-state index in [1.54, 1.807) is 0 Å². The molecule has 0 aliphatic heterocycles. The zero-order chi connectivity index (χ0) is 18.4. The van der Waals surface area contributed by atoms with Crippen LogP contribution in [0.15, 0.2) is 48.5 Å². The molecule has 1 atom stereocenters. The first-order valence-electron chi connectivity index (χ1n) is 9.31. The van der Waals surface area contributed by atoms with E-state index < -0.39 is 0 Å². The lowest BCUT2D eigenvalue weighted by atomic mass is 9.89. The van der Waals surface area contributed by atoms with Crippen molar-refractivity contribution < 1.29 is 0 Å². The highest BCUT2D eigenvalue weighted by Crippen LogP contribution is 2.35. The number of hydrogen-bond donors (Lipinski definition) is 1. The maximum absolute atomic E-state index is 6.31. The van der Waals surface area contributed by atoms with Crippen LogP contribution in [0.25, 0.3) is 21.8 Å². The summed E-state index contributed by atoms with van der Waals surface area (Å²) in [5.41, 5.74) is 14.4. The van der Waals surface area contributed by atoms with Crippen molar-refractivity contribution in [2.24, 2.45) is 19.8 Å². The van der Waals surface area contributed by atoms with E-state index >= 15 is 0 Å². The van der Waals surface area contributed by atoms with Crippen LogP contribution < -0.4 is 5.73 Å². The Hall–Kier alpha value is -2.52. The largest absolute Gasteiger partial charge is 0.348 e. The molecule has 3 nitrogen and oxygen atoms in total. The van der Waals surface area contributed by atoms with Crippen molar-refractivity contribution in [3.63, 3.8) is 0 Å². The van der Waals surface area contributed by atoms with Gasteiger partial charge in [0.2, 0.25) is 0 Å². The molecule has 0 aliphatic carbocycles. The summed E-state index contributed by atoms with van der Waals surface area (Å²) in [4.78, 5) is 0. The molecular weight excluding hydrogens is 318 g/mol. The second kappa shape index (κ2) is 6.33. The highest BCUT2D eigenvalue weighted by molar-refractivity contribution is 5.87. The van der Waals surface area contributed by atoms with Crippen molar-refractivity contribution >= 4 is 21.8 Å². The fraction of sp³-hybridized carbons (Fsp3) is 0.304. The van der Waals surface area contributed by atoms with E-state index in [1.165, 1.54) is 44.3 Å². The molecule has 26 heavy (non-hydrogen) atoms.